The fourth-order valence-corrected chi connectivity index (χ4v) is 2.11. The summed E-state index contributed by atoms with van der Waals surface area (Å²) in [4.78, 5) is 19.1. The Hall–Kier alpha value is -3.36. The van der Waals surface area contributed by atoms with Crippen LogP contribution in [0.5, 0.6) is 11.5 Å². The molecule has 2 aromatic rings. The number of methoxy groups -OCH3 is 1. The number of carboxylic acid groups (broad SMARTS) is 2. The smallest absolute Gasteiger partial charge is 0.328 e. The van der Waals surface area contributed by atoms with Gasteiger partial charge in [-0.3, -0.25) is 0 Å². The molecular weight excluding hydrogens is 378 g/mol. The number of nitrogens with two attached hydrogens (primary N) is 1. The quantitative estimate of drug-likeness (QED) is 0.408. The van der Waals surface area contributed by atoms with Crippen LogP contribution in [-0.2, 0) is 27.4 Å². The Labute approximate surface area is 169 Å². The lowest BCUT2D eigenvalue weighted by molar-refractivity contribution is -0.134. The Bertz CT molecular complexity index is 775. The SMILES string of the molecule is COCOc1ccc(CCN)cc1OCc1ccccc1.O=C(O)C=CC(=O)O. The normalized spacial score (nSPS) is 10.1. The molecule has 8 heteroatoms. The van der Waals surface area contributed by atoms with Crippen molar-refractivity contribution in [3.63, 3.8) is 0 Å². The van der Waals surface area contributed by atoms with E-state index in [1.807, 2.05) is 48.5 Å². The van der Waals surface area contributed by atoms with Crippen molar-refractivity contribution in [3.05, 3.63) is 71.8 Å². The van der Waals surface area contributed by atoms with E-state index in [1.54, 1.807) is 7.11 Å². The van der Waals surface area contributed by atoms with Crippen molar-refractivity contribution in [2.24, 2.45) is 5.73 Å². The van der Waals surface area contributed by atoms with Gasteiger partial charge in [0.15, 0.2) is 18.3 Å². The number of carbonyl (C=O) groups is 2. The van der Waals surface area contributed by atoms with Gasteiger partial charge >= 0.3 is 11.9 Å². The minimum Gasteiger partial charge on any atom is -0.485 e. The summed E-state index contributed by atoms with van der Waals surface area (Å²) in [7, 11) is 1.59. The van der Waals surface area contributed by atoms with Gasteiger partial charge in [-0.15, -0.1) is 0 Å². The maximum Gasteiger partial charge on any atom is 0.328 e. The van der Waals surface area contributed by atoms with Crippen LogP contribution in [0.2, 0.25) is 0 Å². The van der Waals surface area contributed by atoms with Gasteiger partial charge < -0.3 is 30.2 Å². The first kappa shape index (κ1) is 23.7. The molecule has 8 nitrogen and oxygen atoms in total. The molecule has 0 spiro atoms. The molecule has 2 aromatic carbocycles. The second-order valence-electron chi connectivity index (χ2n) is 5.65. The Morgan fingerprint density at radius 3 is 2.14 bits per heavy atom. The van der Waals surface area contributed by atoms with Gasteiger partial charge in [-0.1, -0.05) is 36.4 Å². The first-order chi connectivity index (χ1) is 14.0. The molecule has 0 aliphatic carbocycles. The van der Waals surface area contributed by atoms with Crippen LogP contribution in [0.3, 0.4) is 0 Å². The molecule has 0 aromatic heterocycles. The van der Waals surface area contributed by atoms with Gasteiger partial charge in [0.1, 0.15) is 6.61 Å². The molecular formula is C21H25NO7. The van der Waals surface area contributed by atoms with Crippen molar-refractivity contribution in [1.29, 1.82) is 0 Å². The Morgan fingerprint density at radius 2 is 1.59 bits per heavy atom. The lowest BCUT2D eigenvalue weighted by Crippen LogP contribution is -2.05. The number of hydrogen-bond acceptors (Lipinski definition) is 6. The lowest BCUT2D eigenvalue weighted by Gasteiger charge is -2.14. The highest BCUT2D eigenvalue weighted by atomic mass is 16.7. The first-order valence-corrected chi connectivity index (χ1v) is 8.71. The van der Waals surface area contributed by atoms with Crippen LogP contribution in [0.1, 0.15) is 11.1 Å². The summed E-state index contributed by atoms with van der Waals surface area (Å²) in [5.74, 6) is -1.13. The van der Waals surface area contributed by atoms with E-state index < -0.39 is 11.9 Å². The highest BCUT2D eigenvalue weighted by Gasteiger charge is 2.07. The molecule has 156 valence electrons. The molecule has 0 heterocycles. The lowest BCUT2D eigenvalue weighted by atomic mass is 10.1. The molecule has 0 amide bonds. The second kappa shape index (κ2) is 13.8. The molecule has 0 saturated carbocycles. The molecule has 0 bridgehead atoms. The Morgan fingerprint density at radius 1 is 0.931 bits per heavy atom. The van der Waals surface area contributed by atoms with Gasteiger partial charge in [0, 0.05) is 19.3 Å². The number of aliphatic carboxylic acids is 2. The molecule has 0 atom stereocenters. The van der Waals surface area contributed by atoms with Crippen molar-refractivity contribution in [3.8, 4) is 11.5 Å². The minimum absolute atomic E-state index is 0.192. The van der Waals surface area contributed by atoms with Crippen LogP contribution >= 0.6 is 0 Å². The minimum atomic E-state index is -1.26. The standard InChI is InChI=1S/C17H21NO3.C4H4O4/c1-19-13-21-16-8-7-14(9-10-18)11-17(16)20-12-15-5-3-2-4-6-15;5-3(6)1-2-4(7)8/h2-8,11H,9-10,12-13,18H2,1H3;1-2H,(H,5,6)(H,7,8). The number of benzene rings is 2. The third-order valence-corrected chi connectivity index (χ3v) is 3.38. The molecule has 0 saturated heterocycles. The predicted molar refractivity (Wildman–Crippen MR) is 107 cm³/mol. The molecule has 0 radical (unpaired) electrons. The summed E-state index contributed by atoms with van der Waals surface area (Å²) < 4.78 is 16.4. The van der Waals surface area contributed by atoms with Crippen molar-refractivity contribution < 1.29 is 34.0 Å². The Balaban J connectivity index is 0.000000447. The highest BCUT2D eigenvalue weighted by Crippen LogP contribution is 2.29. The zero-order valence-corrected chi connectivity index (χ0v) is 16.1. The number of carboxylic acids is 2. The van der Waals surface area contributed by atoms with Gasteiger partial charge in [0.25, 0.3) is 0 Å². The van der Waals surface area contributed by atoms with Crippen LogP contribution in [0.4, 0.5) is 0 Å². The largest absolute Gasteiger partial charge is 0.485 e. The van der Waals surface area contributed by atoms with Crippen molar-refractivity contribution >= 4 is 11.9 Å². The predicted octanol–water partition coefficient (Wildman–Crippen LogP) is 2.46. The molecule has 4 N–H and O–H groups in total. The van der Waals surface area contributed by atoms with E-state index in [2.05, 4.69) is 0 Å². The van der Waals surface area contributed by atoms with Crippen LogP contribution in [-0.4, -0.2) is 42.6 Å². The first-order valence-electron chi connectivity index (χ1n) is 8.71. The summed E-state index contributed by atoms with van der Waals surface area (Å²) in [6.07, 6.45) is 1.93. The van der Waals surface area contributed by atoms with Crippen LogP contribution in [0.25, 0.3) is 0 Å². The summed E-state index contributed by atoms with van der Waals surface area (Å²) in [6, 6.07) is 15.9. The second-order valence-corrected chi connectivity index (χ2v) is 5.65. The number of ether oxygens (including phenoxy) is 3. The van der Waals surface area contributed by atoms with Gasteiger partial charge in [0.05, 0.1) is 0 Å². The van der Waals surface area contributed by atoms with Crippen molar-refractivity contribution in [2.75, 3.05) is 20.4 Å². The van der Waals surface area contributed by atoms with Crippen LogP contribution in [0, 0.1) is 0 Å². The van der Waals surface area contributed by atoms with Gasteiger partial charge in [-0.25, -0.2) is 9.59 Å². The summed E-state index contributed by atoms with van der Waals surface area (Å²) in [5, 5.41) is 15.6. The molecule has 0 aliphatic heterocycles. The molecule has 0 fully saturated rings. The Kier molecular flexibility index (Phi) is 11.2. The van der Waals surface area contributed by atoms with Crippen LogP contribution < -0.4 is 15.2 Å². The van der Waals surface area contributed by atoms with Crippen molar-refractivity contribution in [1.82, 2.24) is 0 Å². The average molecular weight is 403 g/mol. The van der Waals surface area contributed by atoms with E-state index in [-0.39, 0.29) is 6.79 Å². The maximum atomic E-state index is 9.55. The van der Waals surface area contributed by atoms with E-state index in [0.29, 0.717) is 36.8 Å². The number of hydrogen-bond donors (Lipinski definition) is 3. The van der Waals surface area contributed by atoms with E-state index in [4.69, 9.17) is 30.2 Å². The highest BCUT2D eigenvalue weighted by molar-refractivity contribution is 5.89. The maximum absolute atomic E-state index is 9.55. The third-order valence-electron chi connectivity index (χ3n) is 3.38. The van der Waals surface area contributed by atoms with Gasteiger partial charge in [0.2, 0.25) is 0 Å². The molecule has 0 unspecified atom stereocenters. The summed E-state index contributed by atoms with van der Waals surface area (Å²) in [5.41, 5.74) is 7.84. The zero-order chi connectivity index (χ0) is 21.5. The summed E-state index contributed by atoms with van der Waals surface area (Å²) in [6.45, 7) is 1.30. The van der Waals surface area contributed by atoms with E-state index in [0.717, 1.165) is 17.5 Å². The fourth-order valence-electron chi connectivity index (χ4n) is 2.11. The summed E-state index contributed by atoms with van der Waals surface area (Å²) >= 11 is 0. The van der Waals surface area contributed by atoms with E-state index in [1.165, 1.54) is 0 Å². The number of rotatable bonds is 10. The van der Waals surface area contributed by atoms with E-state index >= 15 is 0 Å². The van der Waals surface area contributed by atoms with Gasteiger partial charge in [-0.05, 0) is 36.2 Å². The van der Waals surface area contributed by atoms with Gasteiger partial charge in [-0.2, -0.15) is 0 Å². The average Bonchev–Trinajstić information content (AvgIpc) is 2.71. The molecule has 0 aliphatic rings. The van der Waals surface area contributed by atoms with Crippen LogP contribution in [0.15, 0.2) is 60.7 Å². The molecule has 29 heavy (non-hydrogen) atoms. The topological polar surface area (TPSA) is 128 Å². The van der Waals surface area contributed by atoms with E-state index in [9.17, 15) is 9.59 Å². The van der Waals surface area contributed by atoms with Crippen molar-refractivity contribution in [2.45, 2.75) is 13.0 Å². The zero-order valence-electron chi connectivity index (χ0n) is 16.1. The fraction of sp³-hybridized carbons (Fsp3) is 0.238. The molecule has 2 rings (SSSR count). The third kappa shape index (κ3) is 10.5. The monoisotopic (exact) mass is 403 g/mol.